The van der Waals surface area contributed by atoms with Crippen molar-refractivity contribution in [2.45, 2.75) is 24.6 Å². The van der Waals surface area contributed by atoms with E-state index in [4.69, 9.17) is 4.74 Å². The third-order valence-electron chi connectivity index (χ3n) is 5.73. The molecule has 1 atom stereocenters. The van der Waals surface area contributed by atoms with E-state index in [0.29, 0.717) is 28.8 Å². The van der Waals surface area contributed by atoms with Gasteiger partial charge in [0.15, 0.2) is 18.1 Å². The minimum Gasteiger partial charge on any atom is -0.480 e. The van der Waals surface area contributed by atoms with Crippen LogP contribution in [0.3, 0.4) is 0 Å². The van der Waals surface area contributed by atoms with E-state index in [-0.39, 0.29) is 12.2 Å². The number of hydrogen-bond donors (Lipinski definition) is 1. The Morgan fingerprint density at radius 3 is 2.05 bits per heavy atom. The summed E-state index contributed by atoms with van der Waals surface area (Å²) in [6.07, 6.45) is -6.09. The highest BCUT2D eigenvalue weighted by molar-refractivity contribution is 6.09. The van der Waals surface area contributed by atoms with E-state index in [1.165, 1.54) is 12.1 Å². The summed E-state index contributed by atoms with van der Waals surface area (Å²) in [5.41, 5.74) is -0.0538. The topological polar surface area (TPSA) is 125 Å². The summed E-state index contributed by atoms with van der Waals surface area (Å²) in [5.74, 6) is -8.49. The Hall–Kier alpha value is -4.88. The zero-order valence-electron chi connectivity index (χ0n) is 21.1. The highest BCUT2D eigenvalue weighted by Crippen LogP contribution is 2.37. The average molecular weight is 580 g/mol. The monoisotopic (exact) mass is 580 g/mol. The lowest BCUT2D eigenvalue weighted by Gasteiger charge is -2.20. The van der Waals surface area contributed by atoms with Gasteiger partial charge in [0.2, 0.25) is 0 Å². The number of nitro benzene ring substituents is 1. The molecule has 216 valence electrons. The van der Waals surface area contributed by atoms with Gasteiger partial charge in [-0.25, -0.2) is 4.79 Å². The third-order valence-corrected chi connectivity index (χ3v) is 5.73. The predicted octanol–water partition coefficient (Wildman–Crippen LogP) is 4.92. The molecule has 14 heteroatoms. The van der Waals surface area contributed by atoms with E-state index < -0.39 is 58.5 Å². The van der Waals surface area contributed by atoms with Gasteiger partial charge in [-0.3, -0.25) is 19.7 Å². The molecular formula is C27H21F5N2O7. The number of hydrogen-bond acceptors (Lipinski definition) is 7. The van der Waals surface area contributed by atoms with Crippen LogP contribution >= 0.6 is 0 Å². The summed E-state index contributed by atoms with van der Waals surface area (Å²) in [4.78, 5) is 47.9. The Morgan fingerprint density at radius 1 is 0.902 bits per heavy atom. The molecule has 0 unspecified atom stereocenters. The number of nitrogens with one attached hydrogen (secondary N) is 1. The van der Waals surface area contributed by atoms with Crippen LogP contribution in [0.4, 0.5) is 27.6 Å². The summed E-state index contributed by atoms with van der Waals surface area (Å²) in [6, 6.07) is 15.5. The number of amides is 1. The highest BCUT2D eigenvalue weighted by Gasteiger charge is 2.58. The standard InChI is InChI=1S/C27H21F5N2O7/c1-40-25(37)20(13-16-7-9-18(10-8-16)23(35)17-5-3-2-4-6-17)33-24(36)19-11-12-21(34(38)39)22(14-19)41-15-26(28,29)27(30,31)32/h2-12,14,20H,13,15H2,1H3,(H,33,36)/t20-/m0/s1. The molecule has 0 saturated heterocycles. The van der Waals surface area contributed by atoms with Gasteiger partial charge in [-0.2, -0.15) is 22.0 Å². The Kier molecular flexibility index (Phi) is 9.37. The Labute approximate surface area is 229 Å². The van der Waals surface area contributed by atoms with Crippen LogP contribution in [-0.4, -0.2) is 54.4 Å². The van der Waals surface area contributed by atoms with Gasteiger partial charge in [-0.15, -0.1) is 0 Å². The highest BCUT2D eigenvalue weighted by atomic mass is 19.4. The van der Waals surface area contributed by atoms with Crippen molar-refractivity contribution in [3.8, 4) is 5.75 Å². The van der Waals surface area contributed by atoms with Crippen LogP contribution in [0.15, 0.2) is 72.8 Å². The SMILES string of the molecule is COC(=O)[C@H](Cc1ccc(C(=O)c2ccccc2)cc1)NC(=O)c1ccc([N+](=O)[O-])c(OCC(F)(F)C(F)(F)F)c1. The van der Waals surface area contributed by atoms with Gasteiger partial charge in [-0.05, 0) is 11.6 Å². The summed E-state index contributed by atoms with van der Waals surface area (Å²) in [6.45, 7) is -2.27. The maximum atomic E-state index is 13.3. The number of methoxy groups -OCH3 is 1. The van der Waals surface area contributed by atoms with Gasteiger partial charge < -0.3 is 14.8 Å². The first kappa shape index (κ1) is 30.7. The molecule has 0 aliphatic rings. The first-order chi connectivity index (χ1) is 19.2. The summed E-state index contributed by atoms with van der Waals surface area (Å²) in [7, 11) is 1.06. The van der Waals surface area contributed by atoms with Crippen molar-refractivity contribution in [2.75, 3.05) is 13.7 Å². The van der Waals surface area contributed by atoms with E-state index in [0.717, 1.165) is 13.2 Å². The molecule has 0 saturated carbocycles. The zero-order valence-corrected chi connectivity index (χ0v) is 21.1. The number of ether oxygens (including phenoxy) is 2. The Balaban J connectivity index is 1.78. The van der Waals surface area contributed by atoms with Gasteiger partial charge in [0.1, 0.15) is 6.04 Å². The second-order valence-corrected chi connectivity index (χ2v) is 8.58. The molecule has 0 aliphatic carbocycles. The number of ketones is 1. The fourth-order valence-electron chi connectivity index (χ4n) is 3.53. The van der Waals surface area contributed by atoms with Gasteiger partial charge in [0, 0.05) is 35.2 Å². The number of nitro groups is 1. The second-order valence-electron chi connectivity index (χ2n) is 8.58. The number of carbonyl (C=O) groups is 3. The van der Waals surface area contributed by atoms with Crippen molar-refractivity contribution in [3.63, 3.8) is 0 Å². The first-order valence-electron chi connectivity index (χ1n) is 11.7. The minimum atomic E-state index is -5.97. The molecule has 0 spiro atoms. The van der Waals surface area contributed by atoms with E-state index in [1.807, 2.05) is 0 Å². The maximum Gasteiger partial charge on any atom is 0.456 e. The molecule has 0 aromatic heterocycles. The van der Waals surface area contributed by atoms with Crippen LogP contribution in [0.2, 0.25) is 0 Å². The summed E-state index contributed by atoms with van der Waals surface area (Å²) >= 11 is 0. The minimum absolute atomic E-state index is 0.119. The van der Waals surface area contributed by atoms with Gasteiger partial charge in [0.05, 0.1) is 12.0 Å². The molecule has 41 heavy (non-hydrogen) atoms. The van der Waals surface area contributed by atoms with E-state index in [2.05, 4.69) is 10.1 Å². The molecule has 0 fully saturated rings. The smallest absolute Gasteiger partial charge is 0.456 e. The number of halogens is 5. The molecule has 3 aromatic carbocycles. The van der Waals surface area contributed by atoms with Gasteiger partial charge in [0.25, 0.3) is 5.91 Å². The van der Waals surface area contributed by atoms with Crippen molar-refractivity contribution < 1.29 is 50.7 Å². The molecule has 0 radical (unpaired) electrons. The average Bonchev–Trinajstić information content (AvgIpc) is 2.94. The number of esters is 1. The molecule has 0 aliphatic heterocycles. The molecule has 3 aromatic rings. The first-order valence-corrected chi connectivity index (χ1v) is 11.7. The second kappa shape index (κ2) is 12.5. The predicted molar refractivity (Wildman–Crippen MR) is 133 cm³/mol. The molecule has 9 nitrogen and oxygen atoms in total. The largest absolute Gasteiger partial charge is 0.480 e. The lowest BCUT2D eigenvalue weighted by Crippen LogP contribution is -2.43. The quantitative estimate of drug-likeness (QED) is 0.112. The molecule has 1 N–H and O–H groups in total. The van der Waals surface area contributed by atoms with Crippen molar-refractivity contribution in [3.05, 3.63) is 105 Å². The van der Waals surface area contributed by atoms with Crippen LogP contribution < -0.4 is 10.1 Å². The Bertz CT molecular complexity index is 1430. The Morgan fingerprint density at radius 2 is 1.49 bits per heavy atom. The number of benzene rings is 3. The zero-order chi connectivity index (χ0) is 30.4. The number of carbonyl (C=O) groups excluding carboxylic acids is 3. The van der Waals surface area contributed by atoms with Gasteiger partial charge in [-0.1, -0.05) is 54.6 Å². The molecule has 0 bridgehead atoms. The van der Waals surface area contributed by atoms with E-state index in [1.54, 1.807) is 42.5 Å². The number of rotatable bonds is 11. The summed E-state index contributed by atoms with van der Waals surface area (Å²) < 4.78 is 73.2. The van der Waals surface area contributed by atoms with Crippen molar-refractivity contribution in [1.29, 1.82) is 0 Å². The van der Waals surface area contributed by atoms with E-state index in [9.17, 15) is 46.5 Å². The van der Waals surface area contributed by atoms with Crippen LogP contribution in [0, 0.1) is 10.1 Å². The van der Waals surface area contributed by atoms with E-state index >= 15 is 0 Å². The normalized spacial score (nSPS) is 12.2. The summed E-state index contributed by atoms with van der Waals surface area (Å²) in [5, 5.41) is 13.5. The molecule has 3 rings (SSSR count). The fraction of sp³-hybridized carbons (Fsp3) is 0.222. The fourth-order valence-corrected chi connectivity index (χ4v) is 3.53. The van der Waals surface area contributed by atoms with Crippen LogP contribution in [-0.2, 0) is 16.0 Å². The van der Waals surface area contributed by atoms with Crippen LogP contribution in [0.25, 0.3) is 0 Å². The van der Waals surface area contributed by atoms with Crippen LogP contribution in [0.1, 0.15) is 31.8 Å². The molecular weight excluding hydrogens is 559 g/mol. The van der Waals surface area contributed by atoms with Crippen molar-refractivity contribution in [2.24, 2.45) is 0 Å². The molecule has 0 heterocycles. The van der Waals surface area contributed by atoms with Crippen LogP contribution in [0.5, 0.6) is 5.75 Å². The van der Waals surface area contributed by atoms with Crippen molar-refractivity contribution in [1.82, 2.24) is 5.32 Å². The lowest BCUT2D eigenvalue weighted by molar-refractivity contribution is -0.386. The lowest BCUT2D eigenvalue weighted by atomic mass is 9.99. The molecule has 1 amide bonds. The maximum absolute atomic E-state index is 13.3. The van der Waals surface area contributed by atoms with Gasteiger partial charge >= 0.3 is 23.8 Å². The van der Waals surface area contributed by atoms with Crippen molar-refractivity contribution >= 4 is 23.3 Å². The number of alkyl halides is 5. The number of nitrogens with zero attached hydrogens (tertiary/aromatic N) is 1. The third kappa shape index (κ3) is 7.62.